The molecule has 17 heavy (non-hydrogen) atoms. The van der Waals surface area contributed by atoms with Gasteiger partial charge in [0.25, 0.3) is 0 Å². The summed E-state index contributed by atoms with van der Waals surface area (Å²) >= 11 is 0. The van der Waals surface area contributed by atoms with Gasteiger partial charge in [0.15, 0.2) is 0 Å². The highest BCUT2D eigenvalue weighted by molar-refractivity contribution is 4.77. The first-order valence-corrected chi connectivity index (χ1v) is 8.09. The monoisotopic (exact) mass is 239 g/mol. The van der Waals surface area contributed by atoms with Crippen LogP contribution in [0.15, 0.2) is 0 Å². The third-order valence-electron chi connectivity index (χ3n) is 4.67. The van der Waals surface area contributed by atoms with E-state index in [1.54, 1.807) is 0 Å². The molecule has 2 rings (SSSR count). The number of hydrogen-bond donors (Lipinski definition) is 1. The van der Waals surface area contributed by atoms with Gasteiger partial charge in [-0.2, -0.15) is 0 Å². The molecule has 0 unspecified atom stereocenters. The van der Waals surface area contributed by atoms with Crippen molar-refractivity contribution in [1.82, 2.24) is 5.32 Å². The van der Waals surface area contributed by atoms with Crippen molar-refractivity contribution in [2.45, 2.75) is 72.1 Å². The fourth-order valence-electron chi connectivity index (χ4n) is 3.46. The van der Waals surface area contributed by atoms with Gasteiger partial charge in [0.2, 0.25) is 0 Å². The van der Waals surface area contributed by atoms with Gasteiger partial charge in [-0.05, 0) is 50.1 Å². The maximum absolute atomic E-state index is 3.47. The van der Waals surface area contributed by atoms with Crippen LogP contribution in [0.4, 0.5) is 0 Å². The molecule has 102 valence electrons. The van der Waals surface area contributed by atoms with Crippen molar-refractivity contribution in [2.75, 3.05) is 13.1 Å². The normalized spacial score (nSPS) is 30.5. The lowest BCUT2D eigenvalue weighted by atomic mass is 9.76. The summed E-state index contributed by atoms with van der Waals surface area (Å²) in [6.07, 6.45) is 11.9. The Labute approximate surface area is 109 Å². The molecule has 0 bridgehead atoms. The Bertz CT molecular complexity index is 164. The molecule has 1 heteroatoms. The van der Waals surface area contributed by atoms with E-state index in [0.717, 1.165) is 17.8 Å². The van der Waals surface area contributed by atoms with Crippen LogP contribution in [-0.2, 0) is 0 Å². The standard InChI is InChI=1S/C14H27N.C2H6/c1-2-12-3-5-13(6-4-12)11-14-7-9-15-10-8-14;1-2/h12-15H,2-11H2,1H3;1-2H3. The van der Waals surface area contributed by atoms with E-state index in [1.807, 2.05) is 13.8 Å². The van der Waals surface area contributed by atoms with Crippen LogP contribution >= 0.6 is 0 Å². The lowest BCUT2D eigenvalue weighted by Gasteiger charge is -2.32. The van der Waals surface area contributed by atoms with Gasteiger partial charge >= 0.3 is 0 Å². The first-order valence-electron chi connectivity index (χ1n) is 8.09. The Morgan fingerprint density at radius 2 is 1.24 bits per heavy atom. The fraction of sp³-hybridized carbons (Fsp3) is 1.00. The molecule has 1 aliphatic heterocycles. The second kappa shape index (κ2) is 8.97. The number of hydrogen-bond acceptors (Lipinski definition) is 1. The molecule has 0 aromatic heterocycles. The molecule has 0 aromatic rings. The minimum Gasteiger partial charge on any atom is -0.317 e. The summed E-state index contributed by atoms with van der Waals surface area (Å²) in [7, 11) is 0. The molecule has 1 saturated heterocycles. The van der Waals surface area contributed by atoms with Gasteiger partial charge in [-0.25, -0.2) is 0 Å². The molecule has 0 atom stereocenters. The SMILES string of the molecule is CC.CCC1CCC(CC2CCNCC2)CC1. The summed E-state index contributed by atoms with van der Waals surface area (Å²) in [6, 6.07) is 0. The first-order chi connectivity index (χ1) is 8.38. The molecule has 1 aliphatic carbocycles. The zero-order chi connectivity index (χ0) is 12.5. The Morgan fingerprint density at radius 3 is 1.76 bits per heavy atom. The molecular formula is C16H33N. The number of piperidine rings is 1. The summed E-state index contributed by atoms with van der Waals surface area (Å²) in [6.45, 7) is 8.90. The van der Waals surface area contributed by atoms with Crippen LogP contribution in [-0.4, -0.2) is 13.1 Å². The van der Waals surface area contributed by atoms with Crippen LogP contribution in [0.1, 0.15) is 72.1 Å². The molecule has 0 spiro atoms. The van der Waals surface area contributed by atoms with Crippen LogP contribution in [0, 0.1) is 17.8 Å². The Kier molecular flexibility index (Phi) is 7.92. The zero-order valence-corrected chi connectivity index (χ0v) is 12.3. The summed E-state index contributed by atoms with van der Waals surface area (Å²) in [5.74, 6) is 3.19. The molecule has 2 aliphatic rings. The highest BCUT2D eigenvalue weighted by atomic mass is 14.9. The number of rotatable bonds is 3. The average Bonchev–Trinajstić information content (AvgIpc) is 2.43. The molecule has 1 saturated carbocycles. The summed E-state index contributed by atoms with van der Waals surface area (Å²) < 4.78 is 0. The van der Waals surface area contributed by atoms with Crippen LogP contribution < -0.4 is 5.32 Å². The van der Waals surface area contributed by atoms with E-state index >= 15 is 0 Å². The summed E-state index contributed by atoms with van der Waals surface area (Å²) in [4.78, 5) is 0. The van der Waals surface area contributed by atoms with Gasteiger partial charge in [-0.3, -0.25) is 0 Å². The Hall–Kier alpha value is -0.0400. The quantitative estimate of drug-likeness (QED) is 0.758. The van der Waals surface area contributed by atoms with Crippen LogP contribution in [0.2, 0.25) is 0 Å². The van der Waals surface area contributed by atoms with E-state index in [9.17, 15) is 0 Å². The lowest BCUT2D eigenvalue weighted by molar-refractivity contribution is 0.213. The molecule has 0 aromatic carbocycles. The molecule has 1 N–H and O–H groups in total. The van der Waals surface area contributed by atoms with Gasteiger partial charge in [-0.1, -0.05) is 52.9 Å². The summed E-state index contributed by atoms with van der Waals surface area (Å²) in [5, 5.41) is 3.47. The van der Waals surface area contributed by atoms with Crippen molar-refractivity contribution in [1.29, 1.82) is 0 Å². The predicted molar refractivity (Wildman–Crippen MR) is 77.3 cm³/mol. The van der Waals surface area contributed by atoms with Crippen molar-refractivity contribution >= 4 is 0 Å². The fourth-order valence-corrected chi connectivity index (χ4v) is 3.46. The molecule has 0 radical (unpaired) electrons. The predicted octanol–water partition coefficient (Wildman–Crippen LogP) is 4.62. The van der Waals surface area contributed by atoms with E-state index in [4.69, 9.17) is 0 Å². The second-order valence-corrected chi connectivity index (χ2v) is 5.72. The van der Waals surface area contributed by atoms with Crippen LogP contribution in [0.5, 0.6) is 0 Å². The van der Waals surface area contributed by atoms with E-state index in [-0.39, 0.29) is 0 Å². The number of nitrogens with one attached hydrogen (secondary N) is 1. The van der Waals surface area contributed by atoms with E-state index in [2.05, 4.69) is 12.2 Å². The van der Waals surface area contributed by atoms with Gasteiger partial charge in [0.05, 0.1) is 0 Å². The topological polar surface area (TPSA) is 12.0 Å². The van der Waals surface area contributed by atoms with Gasteiger partial charge in [-0.15, -0.1) is 0 Å². The van der Waals surface area contributed by atoms with Crippen molar-refractivity contribution < 1.29 is 0 Å². The Morgan fingerprint density at radius 1 is 0.765 bits per heavy atom. The first kappa shape index (κ1) is 15.0. The summed E-state index contributed by atoms with van der Waals surface area (Å²) in [5.41, 5.74) is 0. The van der Waals surface area contributed by atoms with Gasteiger partial charge in [0.1, 0.15) is 0 Å². The third-order valence-corrected chi connectivity index (χ3v) is 4.67. The minimum atomic E-state index is 1.05. The lowest BCUT2D eigenvalue weighted by Crippen LogP contribution is -2.29. The average molecular weight is 239 g/mol. The second-order valence-electron chi connectivity index (χ2n) is 5.72. The molecule has 0 amide bonds. The van der Waals surface area contributed by atoms with Crippen molar-refractivity contribution in [3.8, 4) is 0 Å². The highest BCUT2D eigenvalue weighted by Gasteiger charge is 2.23. The van der Waals surface area contributed by atoms with E-state index in [0.29, 0.717) is 0 Å². The van der Waals surface area contributed by atoms with E-state index < -0.39 is 0 Å². The minimum absolute atomic E-state index is 1.05. The van der Waals surface area contributed by atoms with Crippen molar-refractivity contribution in [2.24, 2.45) is 17.8 Å². The maximum Gasteiger partial charge on any atom is -0.00463 e. The molecule has 2 fully saturated rings. The zero-order valence-electron chi connectivity index (χ0n) is 12.3. The smallest absolute Gasteiger partial charge is 0.00463 e. The van der Waals surface area contributed by atoms with Crippen molar-refractivity contribution in [3.05, 3.63) is 0 Å². The maximum atomic E-state index is 3.47. The Balaban J connectivity index is 0.000000686. The van der Waals surface area contributed by atoms with Crippen molar-refractivity contribution in [3.63, 3.8) is 0 Å². The molecular weight excluding hydrogens is 206 g/mol. The van der Waals surface area contributed by atoms with E-state index in [1.165, 1.54) is 64.5 Å². The van der Waals surface area contributed by atoms with Gasteiger partial charge < -0.3 is 5.32 Å². The molecule has 1 heterocycles. The third kappa shape index (κ3) is 5.42. The van der Waals surface area contributed by atoms with Gasteiger partial charge in [0, 0.05) is 0 Å². The molecule has 1 nitrogen and oxygen atoms in total. The highest BCUT2D eigenvalue weighted by Crippen LogP contribution is 2.35. The van der Waals surface area contributed by atoms with Crippen LogP contribution in [0.3, 0.4) is 0 Å². The van der Waals surface area contributed by atoms with Crippen LogP contribution in [0.25, 0.3) is 0 Å². The largest absolute Gasteiger partial charge is 0.317 e.